The minimum absolute atomic E-state index is 0.0399. The number of carbonyl (C=O) groups excluding carboxylic acids is 1. The Morgan fingerprint density at radius 3 is 2.79 bits per heavy atom. The van der Waals surface area contributed by atoms with E-state index in [1.165, 1.54) is 0 Å². The zero-order chi connectivity index (χ0) is 14.4. The molecular weight excluding hydrogens is 242 g/mol. The van der Waals surface area contributed by atoms with E-state index in [9.17, 15) is 9.90 Å². The van der Waals surface area contributed by atoms with Crippen molar-refractivity contribution in [1.29, 1.82) is 5.26 Å². The monoisotopic (exact) mass is 261 g/mol. The number of nitriles is 1. The standard InChI is InChI=1S/C14H19N3O2/c1-10(18)12-5-4-11(9-15)8-13(12)17(3)7-6-14(19)16-2/h4-5,8,10,18H,6-7H2,1-3H3,(H,16,19)/t10-/m1/s1. The molecule has 0 unspecified atom stereocenters. The predicted molar refractivity (Wildman–Crippen MR) is 73.7 cm³/mol. The van der Waals surface area contributed by atoms with Crippen LogP contribution >= 0.6 is 0 Å². The lowest BCUT2D eigenvalue weighted by atomic mass is 10.0. The van der Waals surface area contributed by atoms with E-state index in [0.717, 1.165) is 11.3 Å². The van der Waals surface area contributed by atoms with Crippen LogP contribution in [0.15, 0.2) is 18.2 Å². The first-order valence-corrected chi connectivity index (χ1v) is 6.13. The molecule has 19 heavy (non-hydrogen) atoms. The SMILES string of the molecule is CNC(=O)CCN(C)c1cc(C#N)ccc1[C@@H](C)O. The molecule has 0 aromatic heterocycles. The summed E-state index contributed by atoms with van der Waals surface area (Å²) in [7, 11) is 3.44. The van der Waals surface area contributed by atoms with Gasteiger partial charge in [-0.15, -0.1) is 0 Å². The van der Waals surface area contributed by atoms with E-state index in [2.05, 4.69) is 11.4 Å². The number of nitrogens with zero attached hydrogens (tertiary/aromatic N) is 2. The molecule has 1 aromatic rings. The summed E-state index contributed by atoms with van der Waals surface area (Å²) in [5.74, 6) is -0.0399. The Kier molecular flexibility index (Phi) is 5.34. The Balaban J connectivity index is 2.96. The Hall–Kier alpha value is -2.06. The number of carbonyl (C=O) groups is 1. The minimum Gasteiger partial charge on any atom is -0.389 e. The molecule has 0 fully saturated rings. The van der Waals surface area contributed by atoms with Gasteiger partial charge >= 0.3 is 0 Å². The fourth-order valence-electron chi connectivity index (χ4n) is 1.81. The van der Waals surface area contributed by atoms with E-state index in [-0.39, 0.29) is 5.91 Å². The van der Waals surface area contributed by atoms with Crippen molar-refractivity contribution in [1.82, 2.24) is 5.32 Å². The van der Waals surface area contributed by atoms with Crippen LogP contribution in [0.25, 0.3) is 0 Å². The third kappa shape index (κ3) is 3.97. The number of hydrogen-bond acceptors (Lipinski definition) is 4. The van der Waals surface area contributed by atoms with Crippen molar-refractivity contribution in [2.45, 2.75) is 19.4 Å². The van der Waals surface area contributed by atoms with Gasteiger partial charge in [0.2, 0.25) is 5.91 Å². The first kappa shape index (κ1) is 15.0. The molecule has 1 aromatic carbocycles. The van der Waals surface area contributed by atoms with Crippen molar-refractivity contribution in [3.63, 3.8) is 0 Å². The van der Waals surface area contributed by atoms with Crippen molar-refractivity contribution < 1.29 is 9.90 Å². The Morgan fingerprint density at radius 1 is 1.58 bits per heavy atom. The van der Waals surface area contributed by atoms with Gasteiger partial charge in [-0.1, -0.05) is 6.07 Å². The summed E-state index contributed by atoms with van der Waals surface area (Å²) in [4.78, 5) is 13.1. The number of rotatable bonds is 5. The largest absolute Gasteiger partial charge is 0.389 e. The van der Waals surface area contributed by atoms with Gasteiger partial charge in [0.15, 0.2) is 0 Å². The molecule has 2 N–H and O–H groups in total. The van der Waals surface area contributed by atoms with Crippen LogP contribution in [0.4, 0.5) is 5.69 Å². The first-order chi connectivity index (χ1) is 8.99. The van der Waals surface area contributed by atoms with Crippen LogP contribution in [0.2, 0.25) is 0 Å². The maximum Gasteiger partial charge on any atom is 0.221 e. The van der Waals surface area contributed by atoms with E-state index in [1.54, 1.807) is 32.2 Å². The normalized spacial score (nSPS) is 11.5. The molecule has 1 rings (SSSR count). The van der Waals surface area contributed by atoms with Crippen LogP contribution in [-0.2, 0) is 4.79 Å². The average molecular weight is 261 g/mol. The fraction of sp³-hybridized carbons (Fsp3) is 0.429. The first-order valence-electron chi connectivity index (χ1n) is 6.13. The van der Waals surface area contributed by atoms with Crippen LogP contribution in [0, 0.1) is 11.3 Å². The maximum atomic E-state index is 11.2. The predicted octanol–water partition coefficient (Wildman–Crippen LogP) is 1.18. The minimum atomic E-state index is -0.620. The second-order valence-electron chi connectivity index (χ2n) is 4.41. The van der Waals surface area contributed by atoms with Crippen molar-refractivity contribution in [2.24, 2.45) is 0 Å². The average Bonchev–Trinajstić information content (AvgIpc) is 2.43. The number of aliphatic hydroxyl groups is 1. The fourth-order valence-corrected chi connectivity index (χ4v) is 1.81. The second-order valence-corrected chi connectivity index (χ2v) is 4.41. The number of hydrogen-bond donors (Lipinski definition) is 2. The molecule has 5 nitrogen and oxygen atoms in total. The molecule has 5 heteroatoms. The van der Waals surface area contributed by atoms with Crippen LogP contribution in [-0.4, -0.2) is 31.7 Å². The highest BCUT2D eigenvalue weighted by molar-refractivity contribution is 5.76. The van der Waals surface area contributed by atoms with E-state index < -0.39 is 6.10 Å². The third-order valence-corrected chi connectivity index (χ3v) is 2.97. The smallest absolute Gasteiger partial charge is 0.221 e. The van der Waals surface area contributed by atoms with Crippen LogP contribution in [0.1, 0.15) is 30.6 Å². The number of benzene rings is 1. The molecule has 0 radical (unpaired) electrons. The van der Waals surface area contributed by atoms with Crippen LogP contribution in [0.5, 0.6) is 0 Å². The second kappa shape index (κ2) is 6.76. The summed E-state index contributed by atoms with van der Waals surface area (Å²) < 4.78 is 0. The summed E-state index contributed by atoms with van der Waals surface area (Å²) in [6.45, 7) is 2.20. The van der Waals surface area contributed by atoms with Gasteiger partial charge in [-0.25, -0.2) is 0 Å². The Bertz CT molecular complexity index is 492. The highest BCUT2D eigenvalue weighted by Crippen LogP contribution is 2.26. The lowest BCUT2D eigenvalue weighted by Gasteiger charge is -2.23. The van der Waals surface area contributed by atoms with E-state index >= 15 is 0 Å². The van der Waals surface area contributed by atoms with Gasteiger partial charge in [-0.2, -0.15) is 5.26 Å². The molecule has 0 heterocycles. The molecule has 1 atom stereocenters. The number of aliphatic hydroxyl groups excluding tert-OH is 1. The lowest BCUT2D eigenvalue weighted by Crippen LogP contribution is -2.27. The van der Waals surface area contributed by atoms with Crippen molar-refractivity contribution in [2.75, 3.05) is 25.5 Å². The highest BCUT2D eigenvalue weighted by atomic mass is 16.3. The third-order valence-electron chi connectivity index (χ3n) is 2.97. The van der Waals surface area contributed by atoms with Crippen LogP contribution in [0.3, 0.4) is 0 Å². The Labute approximate surface area is 113 Å². The summed E-state index contributed by atoms with van der Waals surface area (Å²) in [6, 6.07) is 7.23. The lowest BCUT2D eigenvalue weighted by molar-refractivity contribution is -0.120. The molecular formula is C14H19N3O2. The van der Waals surface area contributed by atoms with Crippen molar-refractivity contribution in [3.8, 4) is 6.07 Å². The number of anilines is 1. The van der Waals surface area contributed by atoms with E-state index in [0.29, 0.717) is 18.5 Å². The molecule has 0 aliphatic heterocycles. The van der Waals surface area contributed by atoms with Gasteiger partial charge in [-0.3, -0.25) is 4.79 Å². The van der Waals surface area contributed by atoms with Gasteiger partial charge in [0.25, 0.3) is 0 Å². The quantitative estimate of drug-likeness (QED) is 0.834. The molecule has 0 aliphatic carbocycles. The zero-order valence-electron chi connectivity index (χ0n) is 11.5. The molecule has 0 spiro atoms. The molecule has 0 saturated carbocycles. The number of nitrogens with one attached hydrogen (secondary N) is 1. The molecule has 0 saturated heterocycles. The molecule has 0 aliphatic rings. The molecule has 0 bridgehead atoms. The van der Waals surface area contributed by atoms with Gasteiger partial charge in [0, 0.05) is 38.3 Å². The molecule has 102 valence electrons. The topological polar surface area (TPSA) is 76.4 Å². The summed E-state index contributed by atoms with van der Waals surface area (Å²) in [5.41, 5.74) is 2.06. The van der Waals surface area contributed by atoms with Gasteiger partial charge in [0.1, 0.15) is 0 Å². The molecule has 1 amide bonds. The number of amides is 1. The summed E-state index contributed by atoms with van der Waals surface area (Å²) in [5, 5.41) is 21.3. The summed E-state index contributed by atoms with van der Waals surface area (Å²) in [6.07, 6.45) is -0.256. The van der Waals surface area contributed by atoms with Crippen LogP contribution < -0.4 is 10.2 Å². The van der Waals surface area contributed by atoms with E-state index in [4.69, 9.17) is 5.26 Å². The maximum absolute atomic E-state index is 11.2. The van der Waals surface area contributed by atoms with Gasteiger partial charge < -0.3 is 15.3 Å². The van der Waals surface area contributed by atoms with Gasteiger partial charge in [0.05, 0.1) is 17.7 Å². The van der Waals surface area contributed by atoms with Gasteiger partial charge in [-0.05, 0) is 19.1 Å². The van der Waals surface area contributed by atoms with E-state index in [1.807, 2.05) is 11.9 Å². The highest BCUT2D eigenvalue weighted by Gasteiger charge is 2.13. The van der Waals surface area contributed by atoms with Crippen molar-refractivity contribution in [3.05, 3.63) is 29.3 Å². The van der Waals surface area contributed by atoms with Crippen molar-refractivity contribution >= 4 is 11.6 Å². The zero-order valence-corrected chi connectivity index (χ0v) is 11.5. The summed E-state index contributed by atoms with van der Waals surface area (Å²) >= 11 is 0. The Morgan fingerprint density at radius 2 is 2.26 bits per heavy atom.